The summed E-state index contributed by atoms with van der Waals surface area (Å²) in [4.78, 5) is 0. The SMILES string of the molecule is CB(O)CCCc1ccn[nH]1. The molecule has 0 unspecified atom stereocenters. The molecule has 0 saturated carbocycles. The predicted molar refractivity (Wildman–Crippen MR) is 45.6 cm³/mol. The largest absolute Gasteiger partial charge is 0.451 e. The molecule has 1 rings (SSSR count). The second kappa shape index (κ2) is 4.18. The molecule has 1 heterocycles. The van der Waals surface area contributed by atoms with E-state index >= 15 is 0 Å². The van der Waals surface area contributed by atoms with E-state index < -0.39 is 0 Å². The van der Waals surface area contributed by atoms with E-state index in [0.717, 1.165) is 24.9 Å². The fourth-order valence-corrected chi connectivity index (χ4v) is 1.01. The highest BCUT2D eigenvalue weighted by Gasteiger charge is 2.01. The van der Waals surface area contributed by atoms with Crippen molar-refractivity contribution in [2.24, 2.45) is 0 Å². The van der Waals surface area contributed by atoms with Crippen LogP contribution in [0.4, 0.5) is 0 Å². The van der Waals surface area contributed by atoms with E-state index in [1.807, 2.05) is 12.9 Å². The molecule has 3 nitrogen and oxygen atoms in total. The molecule has 0 fully saturated rings. The topological polar surface area (TPSA) is 48.9 Å². The van der Waals surface area contributed by atoms with Gasteiger partial charge in [-0.2, -0.15) is 5.10 Å². The Balaban J connectivity index is 2.14. The summed E-state index contributed by atoms with van der Waals surface area (Å²) < 4.78 is 0. The Morgan fingerprint density at radius 1 is 1.73 bits per heavy atom. The molecule has 4 heteroatoms. The third kappa shape index (κ3) is 3.23. The van der Waals surface area contributed by atoms with E-state index in [4.69, 9.17) is 5.02 Å². The molecule has 60 valence electrons. The molecular formula is C7H13BN2O. The van der Waals surface area contributed by atoms with Crippen LogP contribution in [0, 0.1) is 0 Å². The number of aryl methyl sites for hydroxylation is 1. The van der Waals surface area contributed by atoms with Gasteiger partial charge in [-0.05, 0) is 18.8 Å². The van der Waals surface area contributed by atoms with E-state index in [-0.39, 0.29) is 6.92 Å². The van der Waals surface area contributed by atoms with Crippen LogP contribution in [0.25, 0.3) is 0 Å². The molecule has 0 spiro atoms. The molecule has 0 aliphatic carbocycles. The molecule has 11 heavy (non-hydrogen) atoms. The van der Waals surface area contributed by atoms with Crippen LogP contribution in [0.15, 0.2) is 12.3 Å². The lowest BCUT2D eigenvalue weighted by atomic mass is 9.67. The van der Waals surface area contributed by atoms with Crippen molar-refractivity contribution >= 4 is 6.92 Å². The fourth-order valence-electron chi connectivity index (χ4n) is 1.01. The summed E-state index contributed by atoms with van der Waals surface area (Å²) >= 11 is 0. The van der Waals surface area contributed by atoms with Crippen molar-refractivity contribution in [2.75, 3.05) is 0 Å². The maximum atomic E-state index is 8.96. The summed E-state index contributed by atoms with van der Waals surface area (Å²) in [5.41, 5.74) is 1.14. The first kappa shape index (κ1) is 8.33. The maximum Gasteiger partial charge on any atom is 0.285 e. The van der Waals surface area contributed by atoms with Crippen LogP contribution in [0.3, 0.4) is 0 Å². The number of hydrogen-bond donors (Lipinski definition) is 2. The van der Waals surface area contributed by atoms with Crippen LogP contribution in [-0.2, 0) is 6.42 Å². The third-order valence-corrected chi connectivity index (χ3v) is 1.63. The lowest BCUT2D eigenvalue weighted by Crippen LogP contribution is -2.04. The Kier molecular flexibility index (Phi) is 3.17. The maximum absolute atomic E-state index is 8.96. The average molecular weight is 152 g/mol. The van der Waals surface area contributed by atoms with E-state index in [2.05, 4.69) is 10.2 Å². The third-order valence-electron chi connectivity index (χ3n) is 1.63. The van der Waals surface area contributed by atoms with Gasteiger partial charge < -0.3 is 5.02 Å². The molecule has 0 atom stereocenters. The first-order valence-corrected chi connectivity index (χ1v) is 3.95. The monoisotopic (exact) mass is 152 g/mol. The van der Waals surface area contributed by atoms with Crippen molar-refractivity contribution in [3.63, 3.8) is 0 Å². The molecule has 2 N–H and O–H groups in total. The molecule has 0 amide bonds. The molecule has 0 aliphatic heterocycles. The van der Waals surface area contributed by atoms with E-state index in [9.17, 15) is 0 Å². The fraction of sp³-hybridized carbons (Fsp3) is 0.571. The Labute approximate surface area is 66.9 Å². The normalized spacial score (nSPS) is 10.0. The van der Waals surface area contributed by atoms with Crippen molar-refractivity contribution in [1.82, 2.24) is 10.2 Å². The zero-order chi connectivity index (χ0) is 8.10. The lowest BCUT2D eigenvalue weighted by molar-refractivity contribution is 0.571. The second-order valence-electron chi connectivity index (χ2n) is 2.82. The second-order valence-corrected chi connectivity index (χ2v) is 2.82. The average Bonchev–Trinajstić information content (AvgIpc) is 2.39. The smallest absolute Gasteiger partial charge is 0.285 e. The molecule has 0 radical (unpaired) electrons. The first-order chi connectivity index (χ1) is 5.29. The van der Waals surface area contributed by atoms with Crippen LogP contribution in [0.1, 0.15) is 12.1 Å². The highest BCUT2D eigenvalue weighted by molar-refractivity contribution is 6.48. The summed E-state index contributed by atoms with van der Waals surface area (Å²) in [5.74, 6) is 0. The summed E-state index contributed by atoms with van der Waals surface area (Å²) in [5, 5.41) is 15.7. The predicted octanol–water partition coefficient (Wildman–Crippen LogP) is 0.956. The number of nitrogens with one attached hydrogen (secondary N) is 1. The van der Waals surface area contributed by atoms with Crippen molar-refractivity contribution in [2.45, 2.75) is 26.0 Å². The van der Waals surface area contributed by atoms with E-state index in [1.165, 1.54) is 0 Å². The Hall–Kier alpha value is -0.765. The van der Waals surface area contributed by atoms with Crippen LogP contribution < -0.4 is 0 Å². The molecule has 1 aromatic rings. The summed E-state index contributed by atoms with van der Waals surface area (Å²) in [6.07, 6.45) is 4.60. The summed E-state index contributed by atoms with van der Waals surface area (Å²) in [7, 11) is 0. The van der Waals surface area contributed by atoms with Gasteiger partial charge in [-0.3, -0.25) is 5.10 Å². The minimum absolute atomic E-state index is 0.182. The van der Waals surface area contributed by atoms with Crippen molar-refractivity contribution in [3.05, 3.63) is 18.0 Å². The van der Waals surface area contributed by atoms with E-state index in [1.54, 1.807) is 6.20 Å². The molecule has 0 bridgehead atoms. The van der Waals surface area contributed by atoms with Gasteiger partial charge in [0, 0.05) is 11.9 Å². The van der Waals surface area contributed by atoms with Gasteiger partial charge in [0.1, 0.15) is 0 Å². The number of H-pyrrole nitrogens is 1. The summed E-state index contributed by atoms with van der Waals surface area (Å²) in [6.45, 7) is 1.63. The van der Waals surface area contributed by atoms with Gasteiger partial charge in [-0.1, -0.05) is 13.2 Å². The molecule has 0 saturated heterocycles. The highest BCUT2D eigenvalue weighted by Crippen LogP contribution is 2.02. The molecule has 0 aromatic carbocycles. The summed E-state index contributed by atoms with van der Waals surface area (Å²) in [6, 6.07) is 1.96. The minimum Gasteiger partial charge on any atom is -0.451 e. The van der Waals surface area contributed by atoms with Gasteiger partial charge in [0.15, 0.2) is 0 Å². The molecular weight excluding hydrogens is 139 g/mol. The number of hydrogen-bond acceptors (Lipinski definition) is 2. The molecule has 1 aromatic heterocycles. The van der Waals surface area contributed by atoms with Crippen LogP contribution >= 0.6 is 0 Å². The number of aromatic amines is 1. The zero-order valence-electron chi connectivity index (χ0n) is 6.75. The Bertz CT molecular complexity index is 186. The van der Waals surface area contributed by atoms with Crippen LogP contribution in [-0.4, -0.2) is 22.1 Å². The Morgan fingerprint density at radius 3 is 3.09 bits per heavy atom. The van der Waals surface area contributed by atoms with Gasteiger partial charge in [-0.25, -0.2) is 0 Å². The van der Waals surface area contributed by atoms with Crippen molar-refractivity contribution in [3.8, 4) is 0 Å². The quantitative estimate of drug-likeness (QED) is 0.631. The highest BCUT2D eigenvalue weighted by atomic mass is 16.2. The van der Waals surface area contributed by atoms with Gasteiger partial charge in [0.2, 0.25) is 0 Å². The molecule has 0 aliphatic rings. The van der Waals surface area contributed by atoms with Gasteiger partial charge in [-0.15, -0.1) is 0 Å². The first-order valence-electron chi connectivity index (χ1n) is 3.95. The lowest BCUT2D eigenvalue weighted by Gasteiger charge is -1.97. The Morgan fingerprint density at radius 2 is 2.55 bits per heavy atom. The van der Waals surface area contributed by atoms with Gasteiger partial charge >= 0.3 is 0 Å². The van der Waals surface area contributed by atoms with Crippen molar-refractivity contribution < 1.29 is 5.02 Å². The number of aromatic nitrogens is 2. The van der Waals surface area contributed by atoms with Gasteiger partial charge in [0.25, 0.3) is 6.92 Å². The zero-order valence-corrected chi connectivity index (χ0v) is 6.75. The number of nitrogens with zero attached hydrogens (tertiary/aromatic N) is 1. The van der Waals surface area contributed by atoms with Crippen molar-refractivity contribution in [1.29, 1.82) is 0 Å². The van der Waals surface area contributed by atoms with Gasteiger partial charge in [0.05, 0.1) is 0 Å². The van der Waals surface area contributed by atoms with Crippen LogP contribution in [0.5, 0.6) is 0 Å². The van der Waals surface area contributed by atoms with E-state index in [0.29, 0.717) is 0 Å². The minimum atomic E-state index is -0.182. The number of rotatable bonds is 4. The standard InChI is InChI=1S/C7H13BN2O/c1-8(11)5-2-3-7-4-6-9-10-7/h4,6,11H,2-3,5H2,1H3,(H,9,10). The van der Waals surface area contributed by atoms with Crippen LogP contribution in [0.2, 0.25) is 13.1 Å².